The van der Waals surface area contributed by atoms with Gasteiger partial charge < -0.3 is 15.7 Å². The van der Waals surface area contributed by atoms with Crippen molar-refractivity contribution in [2.45, 2.75) is 50.8 Å². The van der Waals surface area contributed by atoms with E-state index in [2.05, 4.69) is 10.6 Å². The van der Waals surface area contributed by atoms with Gasteiger partial charge in [-0.05, 0) is 47.4 Å². The number of aliphatic hydroxyl groups is 1. The lowest BCUT2D eigenvalue weighted by molar-refractivity contribution is -0.139. The molecule has 7 heteroatoms. The molecule has 0 aliphatic heterocycles. The maximum atomic E-state index is 12.0. The Morgan fingerprint density at radius 2 is 1.96 bits per heavy atom. The molecule has 1 atom stereocenters. The average Bonchev–Trinajstić information content (AvgIpc) is 3.32. The summed E-state index contributed by atoms with van der Waals surface area (Å²) < 4.78 is 0. The SMILES string of the molecule is O=C(NCc1ccc(C(O)c2ccsc2)s1)C(=O)NC1CCCCC1. The molecule has 2 aromatic rings. The van der Waals surface area contributed by atoms with Gasteiger partial charge in [-0.2, -0.15) is 11.3 Å². The lowest BCUT2D eigenvalue weighted by Crippen LogP contribution is -2.44. The maximum Gasteiger partial charge on any atom is 0.309 e. The van der Waals surface area contributed by atoms with Crippen molar-refractivity contribution < 1.29 is 14.7 Å². The summed E-state index contributed by atoms with van der Waals surface area (Å²) in [4.78, 5) is 25.6. The van der Waals surface area contributed by atoms with E-state index in [0.717, 1.165) is 41.0 Å². The van der Waals surface area contributed by atoms with Gasteiger partial charge in [0.2, 0.25) is 0 Å². The van der Waals surface area contributed by atoms with Gasteiger partial charge in [0.25, 0.3) is 0 Å². The third-order valence-electron chi connectivity index (χ3n) is 4.38. The summed E-state index contributed by atoms with van der Waals surface area (Å²) in [6.45, 7) is 0.290. The second-order valence-corrected chi connectivity index (χ2v) is 8.23. The van der Waals surface area contributed by atoms with Crippen LogP contribution in [0.25, 0.3) is 0 Å². The second kappa shape index (κ2) is 8.60. The molecule has 5 nitrogen and oxygen atoms in total. The molecule has 134 valence electrons. The molecule has 2 aromatic heterocycles. The molecule has 0 saturated heterocycles. The molecule has 1 unspecified atom stereocenters. The van der Waals surface area contributed by atoms with Crippen molar-refractivity contribution in [3.63, 3.8) is 0 Å². The molecular formula is C18H22N2O3S2. The molecule has 3 N–H and O–H groups in total. The van der Waals surface area contributed by atoms with E-state index in [0.29, 0.717) is 0 Å². The van der Waals surface area contributed by atoms with Crippen molar-refractivity contribution in [3.8, 4) is 0 Å². The third kappa shape index (κ3) is 4.90. The molecule has 1 aliphatic carbocycles. The highest BCUT2D eigenvalue weighted by Crippen LogP contribution is 2.29. The maximum absolute atomic E-state index is 12.0. The monoisotopic (exact) mass is 378 g/mol. The van der Waals surface area contributed by atoms with Crippen LogP contribution >= 0.6 is 22.7 Å². The first kappa shape index (κ1) is 18.1. The Hall–Kier alpha value is -1.70. The van der Waals surface area contributed by atoms with Crippen LogP contribution in [0.2, 0.25) is 0 Å². The molecule has 0 aromatic carbocycles. The minimum Gasteiger partial charge on any atom is -0.383 e. The fourth-order valence-electron chi connectivity index (χ4n) is 2.98. The highest BCUT2D eigenvalue weighted by atomic mass is 32.1. The third-order valence-corrected chi connectivity index (χ3v) is 6.22. The van der Waals surface area contributed by atoms with Crippen molar-refractivity contribution in [1.29, 1.82) is 0 Å². The fourth-order valence-corrected chi connectivity index (χ4v) is 4.62. The molecule has 1 saturated carbocycles. The molecule has 2 heterocycles. The standard InChI is InChI=1S/C18H22N2O3S2/c21-16(12-8-9-24-11-12)15-7-6-14(25-15)10-19-17(22)18(23)20-13-4-2-1-3-5-13/h6-9,11,13,16,21H,1-5,10H2,(H,19,22)(H,20,23). The van der Waals surface area contributed by atoms with E-state index < -0.39 is 17.9 Å². The molecule has 1 aliphatic rings. The van der Waals surface area contributed by atoms with Crippen LogP contribution in [0, 0.1) is 0 Å². The molecule has 0 bridgehead atoms. The van der Waals surface area contributed by atoms with Gasteiger partial charge in [-0.25, -0.2) is 0 Å². The highest BCUT2D eigenvalue weighted by molar-refractivity contribution is 7.12. The number of amides is 2. The first-order valence-electron chi connectivity index (χ1n) is 8.51. The van der Waals surface area contributed by atoms with Crippen molar-refractivity contribution in [1.82, 2.24) is 10.6 Å². The molecule has 0 spiro atoms. The minimum absolute atomic E-state index is 0.126. The summed E-state index contributed by atoms with van der Waals surface area (Å²) in [7, 11) is 0. The highest BCUT2D eigenvalue weighted by Gasteiger charge is 2.20. The van der Waals surface area contributed by atoms with E-state index in [4.69, 9.17) is 0 Å². The van der Waals surface area contributed by atoms with Crippen LogP contribution in [0.4, 0.5) is 0 Å². The Morgan fingerprint density at radius 3 is 2.68 bits per heavy atom. The second-order valence-electron chi connectivity index (χ2n) is 6.25. The van der Waals surface area contributed by atoms with E-state index in [9.17, 15) is 14.7 Å². The minimum atomic E-state index is -0.643. The number of thiophene rings is 2. The van der Waals surface area contributed by atoms with Crippen LogP contribution in [0.3, 0.4) is 0 Å². The zero-order chi connectivity index (χ0) is 17.6. The van der Waals surface area contributed by atoms with E-state index in [1.807, 2.05) is 29.0 Å². The van der Waals surface area contributed by atoms with E-state index >= 15 is 0 Å². The Labute approximate surface area is 155 Å². The van der Waals surface area contributed by atoms with Crippen LogP contribution in [-0.2, 0) is 16.1 Å². The van der Waals surface area contributed by atoms with Crippen molar-refractivity contribution in [3.05, 3.63) is 44.3 Å². The quantitative estimate of drug-likeness (QED) is 0.700. The molecule has 2 amide bonds. The first-order valence-corrected chi connectivity index (χ1v) is 10.3. The number of carbonyl (C=O) groups excluding carboxylic acids is 2. The fraction of sp³-hybridized carbons (Fsp3) is 0.444. The predicted octanol–water partition coefficient (Wildman–Crippen LogP) is 2.96. The normalized spacial score (nSPS) is 16.4. The predicted molar refractivity (Wildman–Crippen MR) is 99.6 cm³/mol. The Morgan fingerprint density at radius 1 is 1.16 bits per heavy atom. The smallest absolute Gasteiger partial charge is 0.309 e. The topological polar surface area (TPSA) is 78.4 Å². The van der Waals surface area contributed by atoms with E-state index in [1.165, 1.54) is 17.8 Å². The van der Waals surface area contributed by atoms with Gasteiger partial charge >= 0.3 is 11.8 Å². The number of hydrogen-bond donors (Lipinski definition) is 3. The zero-order valence-electron chi connectivity index (χ0n) is 13.9. The van der Waals surface area contributed by atoms with Gasteiger partial charge in [-0.3, -0.25) is 9.59 Å². The van der Waals surface area contributed by atoms with Gasteiger partial charge in [0.15, 0.2) is 0 Å². The summed E-state index contributed by atoms with van der Waals surface area (Å²) in [5.74, 6) is -1.15. The lowest BCUT2D eigenvalue weighted by atomic mass is 9.95. The zero-order valence-corrected chi connectivity index (χ0v) is 15.5. The molecule has 1 fully saturated rings. The van der Waals surface area contributed by atoms with E-state index in [-0.39, 0.29) is 12.6 Å². The van der Waals surface area contributed by atoms with Crippen LogP contribution in [-0.4, -0.2) is 23.0 Å². The van der Waals surface area contributed by atoms with Crippen molar-refractivity contribution in [2.75, 3.05) is 0 Å². The van der Waals surface area contributed by atoms with Gasteiger partial charge in [0, 0.05) is 15.8 Å². The number of rotatable bonds is 5. The van der Waals surface area contributed by atoms with Gasteiger partial charge in [-0.15, -0.1) is 11.3 Å². The average molecular weight is 379 g/mol. The largest absolute Gasteiger partial charge is 0.383 e. The van der Waals surface area contributed by atoms with Crippen molar-refractivity contribution in [2.24, 2.45) is 0 Å². The summed E-state index contributed by atoms with van der Waals surface area (Å²) in [6, 6.07) is 5.75. The van der Waals surface area contributed by atoms with Gasteiger partial charge in [0.1, 0.15) is 6.10 Å². The van der Waals surface area contributed by atoms with Crippen LogP contribution in [0.5, 0.6) is 0 Å². The lowest BCUT2D eigenvalue weighted by Gasteiger charge is -2.22. The molecule has 0 radical (unpaired) electrons. The first-order chi connectivity index (χ1) is 12.1. The van der Waals surface area contributed by atoms with E-state index in [1.54, 1.807) is 11.3 Å². The Bertz CT molecular complexity index is 706. The summed E-state index contributed by atoms with van der Waals surface area (Å²) >= 11 is 2.98. The summed E-state index contributed by atoms with van der Waals surface area (Å²) in [5.41, 5.74) is 0.870. The van der Waals surface area contributed by atoms with Crippen molar-refractivity contribution >= 4 is 34.5 Å². The van der Waals surface area contributed by atoms with Crippen LogP contribution < -0.4 is 10.6 Å². The Kier molecular flexibility index (Phi) is 6.23. The molecule has 3 rings (SSSR count). The van der Waals surface area contributed by atoms with Crippen LogP contribution in [0.15, 0.2) is 29.0 Å². The number of carbonyl (C=O) groups is 2. The summed E-state index contributed by atoms with van der Waals surface area (Å²) in [6.07, 6.45) is 4.68. The van der Waals surface area contributed by atoms with Gasteiger partial charge in [-0.1, -0.05) is 19.3 Å². The summed E-state index contributed by atoms with van der Waals surface area (Å²) in [5, 5.41) is 19.6. The number of hydrogen-bond acceptors (Lipinski definition) is 5. The number of nitrogens with one attached hydrogen (secondary N) is 2. The van der Waals surface area contributed by atoms with Gasteiger partial charge in [0.05, 0.1) is 6.54 Å². The molecule has 25 heavy (non-hydrogen) atoms. The van der Waals surface area contributed by atoms with Crippen LogP contribution in [0.1, 0.15) is 53.5 Å². The Balaban J connectivity index is 1.48. The molecular weight excluding hydrogens is 356 g/mol. The number of aliphatic hydroxyl groups excluding tert-OH is 1.